The SMILES string of the molecule is CCCCCCc1ccccc1-c1cccc(-c2ccccc2)c1O. The summed E-state index contributed by atoms with van der Waals surface area (Å²) in [7, 11) is 0. The molecule has 128 valence electrons. The van der Waals surface area contributed by atoms with Crippen molar-refractivity contribution in [3.05, 3.63) is 78.4 Å². The van der Waals surface area contributed by atoms with E-state index >= 15 is 0 Å². The van der Waals surface area contributed by atoms with E-state index in [1.54, 1.807) is 0 Å². The molecule has 0 aliphatic carbocycles. The van der Waals surface area contributed by atoms with Gasteiger partial charge in [0.2, 0.25) is 0 Å². The molecule has 1 N–H and O–H groups in total. The fourth-order valence-corrected chi connectivity index (χ4v) is 3.35. The summed E-state index contributed by atoms with van der Waals surface area (Å²) in [5.41, 5.74) is 5.32. The lowest BCUT2D eigenvalue weighted by Crippen LogP contribution is -1.92. The molecule has 3 rings (SSSR count). The minimum absolute atomic E-state index is 0.370. The van der Waals surface area contributed by atoms with E-state index in [2.05, 4.69) is 31.2 Å². The second-order valence-electron chi connectivity index (χ2n) is 6.54. The molecule has 0 saturated carbocycles. The first kappa shape index (κ1) is 17.3. The minimum atomic E-state index is 0.370. The third-order valence-electron chi connectivity index (χ3n) is 4.73. The predicted octanol–water partition coefficient (Wildman–Crippen LogP) is 6.85. The number of phenols is 1. The van der Waals surface area contributed by atoms with Crippen LogP contribution in [-0.2, 0) is 6.42 Å². The van der Waals surface area contributed by atoms with Gasteiger partial charge in [-0.3, -0.25) is 0 Å². The standard InChI is InChI=1S/C24H26O/c1-2-3-4-6-12-19-15-9-10-16-21(19)23-18-11-17-22(24(23)25)20-13-7-5-8-14-20/h5,7-11,13-18,25H,2-4,6,12H2,1H3. The summed E-state index contributed by atoms with van der Waals surface area (Å²) in [4.78, 5) is 0. The number of phenolic OH excluding ortho intramolecular Hbond substituents is 1. The predicted molar refractivity (Wildman–Crippen MR) is 107 cm³/mol. The number of benzene rings is 3. The Hall–Kier alpha value is -2.54. The fraction of sp³-hybridized carbons (Fsp3) is 0.250. The Bertz CT molecular complexity index is 805. The average molecular weight is 330 g/mol. The van der Waals surface area contributed by atoms with E-state index in [1.165, 1.54) is 31.2 Å². The maximum absolute atomic E-state index is 10.9. The third-order valence-corrected chi connectivity index (χ3v) is 4.73. The molecule has 1 heteroatoms. The summed E-state index contributed by atoms with van der Waals surface area (Å²) < 4.78 is 0. The topological polar surface area (TPSA) is 20.2 Å². The molecular formula is C24H26O. The monoisotopic (exact) mass is 330 g/mol. The van der Waals surface area contributed by atoms with E-state index in [0.717, 1.165) is 28.7 Å². The molecule has 0 fully saturated rings. The van der Waals surface area contributed by atoms with E-state index in [0.29, 0.717) is 5.75 Å². The molecule has 0 unspecified atom stereocenters. The van der Waals surface area contributed by atoms with Crippen molar-refractivity contribution in [3.8, 4) is 28.0 Å². The van der Waals surface area contributed by atoms with Gasteiger partial charge >= 0.3 is 0 Å². The molecule has 0 amide bonds. The first-order chi connectivity index (χ1) is 12.3. The van der Waals surface area contributed by atoms with Crippen LogP contribution in [0.5, 0.6) is 5.75 Å². The van der Waals surface area contributed by atoms with Crippen molar-refractivity contribution >= 4 is 0 Å². The Labute approximate surface area is 151 Å². The Morgan fingerprint density at radius 3 is 2.12 bits per heavy atom. The van der Waals surface area contributed by atoms with E-state index in [1.807, 2.05) is 48.5 Å². The normalized spacial score (nSPS) is 10.8. The van der Waals surface area contributed by atoms with Gasteiger partial charge in [0.1, 0.15) is 5.75 Å². The molecule has 0 radical (unpaired) electrons. The van der Waals surface area contributed by atoms with Crippen molar-refractivity contribution in [2.24, 2.45) is 0 Å². The summed E-state index contributed by atoms with van der Waals surface area (Å²) in [6, 6.07) is 24.6. The maximum Gasteiger partial charge on any atom is 0.131 e. The van der Waals surface area contributed by atoms with Crippen LogP contribution in [0.15, 0.2) is 72.8 Å². The largest absolute Gasteiger partial charge is 0.507 e. The molecule has 0 atom stereocenters. The lowest BCUT2D eigenvalue weighted by atomic mass is 9.92. The Kier molecular flexibility index (Phi) is 5.90. The Morgan fingerprint density at radius 2 is 1.32 bits per heavy atom. The summed E-state index contributed by atoms with van der Waals surface area (Å²) in [6.07, 6.45) is 6.06. The second kappa shape index (κ2) is 8.53. The van der Waals surface area contributed by atoms with Gasteiger partial charge in [0.15, 0.2) is 0 Å². The number of hydrogen-bond donors (Lipinski definition) is 1. The minimum Gasteiger partial charge on any atom is -0.507 e. The molecule has 0 heterocycles. The van der Waals surface area contributed by atoms with Gasteiger partial charge in [-0.25, -0.2) is 0 Å². The zero-order valence-electron chi connectivity index (χ0n) is 14.9. The highest BCUT2D eigenvalue weighted by molar-refractivity contribution is 5.83. The molecule has 3 aromatic rings. The molecule has 0 spiro atoms. The van der Waals surface area contributed by atoms with Crippen LogP contribution >= 0.6 is 0 Å². The van der Waals surface area contributed by atoms with Gasteiger partial charge in [0.25, 0.3) is 0 Å². The van der Waals surface area contributed by atoms with Crippen molar-refractivity contribution in [1.82, 2.24) is 0 Å². The Balaban J connectivity index is 1.95. The van der Waals surface area contributed by atoms with Crippen LogP contribution in [0.4, 0.5) is 0 Å². The van der Waals surface area contributed by atoms with Crippen LogP contribution in [-0.4, -0.2) is 5.11 Å². The van der Waals surface area contributed by atoms with E-state index in [4.69, 9.17) is 0 Å². The van der Waals surface area contributed by atoms with Gasteiger partial charge in [0.05, 0.1) is 0 Å². The number of aryl methyl sites for hydroxylation is 1. The van der Waals surface area contributed by atoms with Crippen LogP contribution in [0.1, 0.15) is 38.2 Å². The lowest BCUT2D eigenvalue weighted by Gasteiger charge is -2.14. The number of para-hydroxylation sites is 1. The summed E-state index contributed by atoms with van der Waals surface area (Å²) in [5.74, 6) is 0.370. The summed E-state index contributed by atoms with van der Waals surface area (Å²) in [6.45, 7) is 2.24. The molecule has 0 bridgehead atoms. The van der Waals surface area contributed by atoms with Gasteiger partial charge in [-0.15, -0.1) is 0 Å². The molecule has 0 aliphatic rings. The van der Waals surface area contributed by atoms with Crippen molar-refractivity contribution in [2.45, 2.75) is 39.0 Å². The fourth-order valence-electron chi connectivity index (χ4n) is 3.35. The molecule has 0 aromatic heterocycles. The van der Waals surface area contributed by atoms with Crippen molar-refractivity contribution in [1.29, 1.82) is 0 Å². The first-order valence-electron chi connectivity index (χ1n) is 9.27. The quantitative estimate of drug-likeness (QED) is 0.470. The van der Waals surface area contributed by atoms with Crippen LogP contribution in [0.2, 0.25) is 0 Å². The first-order valence-corrected chi connectivity index (χ1v) is 9.27. The van der Waals surface area contributed by atoms with Crippen LogP contribution in [0.25, 0.3) is 22.3 Å². The zero-order valence-corrected chi connectivity index (χ0v) is 14.9. The van der Waals surface area contributed by atoms with Crippen LogP contribution < -0.4 is 0 Å². The highest BCUT2D eigenvalue weighted by Crippen LogP contribution is 2.39. The third kappa shape index (κ3) is 4.11. The van der Waals surface area contributed by atoms with Gasteiger partial charge in [0, 0.05) is 11.1 Å². The molecule has 0 saturated heterocycles. The molecule has 25 heavy (non-hydrogen) atoms. The van der Waals surface area contributed by atoms with Gasteiger partial charge < -0.3 is 5.11 Å². The van der Waals surface area contributed by atoms with Gasteiger partial charge in [-0.2, -0.15) is 0 Å². The molecule has 1 nitrogen and oxygen atoms in total. The number of rotatable bonds is 7. The van der Waals surface area contributed by atoms with Crippen LogP contribution in [0, 0.1) is 0 Å². The highest BCUT2D eigenvalue weighted by atomic mass is 16.3. The number of aromatic hydroxyl groups is 1. The molecule has 0 aliphatic heterocycles. The summed E-state index contributed by atoms with van der Waals surface area (Å²) in [5, 5.41) is 10.9. The van der Waals surface area contributed by atoms with E-state index < -0.39 is 0 Å². The lowest BCUT2D eigenvalue weighted by molar-refractivity contribution is 0.479. The Morgan fingerprint density at radius 1 is 0.640 bits per heavy atom. The van der Waals surface area contributed by atoms with Crippen molar-refractivity contribution < 1.29 is 5.11 Å². The van der Waals surface area contributed by atoms with Crippen molar-refractivity contribution in [3.63, 3.8) is 0 Å². The summed E-state index contributed by atoms with van der Waals surface area (Å²) >= 11 is 0. The van der Waals surface area contributed by atoms with Gasteiger partial charge in [-0.05, 0) is 29.5 Å². The highest BCUT2D eigenvalue weighted by Gasteiger charge is 2.13. The molecular weight excluding hydrogens is 304 g/mol. The van der Waals surface area contributed by atoms with Crippen molar-refractivity contribution in [2.75, 3.05) is 0 Å². The van der Waals surface area contributed by atoms with Crippen LogP contribution in [0.3, 0.4) is 0 Å². The molecule has 3 aromatic carbocycles. The average Bonchev–Trinajstić information content (AvgIpc) is 2.67. The van der Waals surface area contributed by atoms with E-state index in [9.17, 15) is 5.11 Å². The zero-order chi connectivity index (χ0) is 17.5. The second-order valence-corrected chi connectivity index (χ2v) is 6.54. The van der Waals surface area contributed by atoms with Gasteiger partial charge in [-0.1, -0.05) is 99.0 Å². The smallest absolute Gasteiger partial charge is 0.131 e. The van der Waals surface area contributed by atoms with E-state index in [-0.39, 0.29) is 0 Å². The number of hydrogen-bond acceptors (Lipinski definition) is 1. The maximum atomic E-state index is 10.9. The number of unbranched alkanes of at least 4 members (excludes halogenated alkanes) is 3.